The van der Waals surface area contributed by atoms with Gasteiger partial charge in [0.25, 0.3) is 5.91 Å². The molecular weight excluding hydrogens is 270 g/mol. The Hall–Kier alpha value is -3.08. The summed E-state index contributed by atoms with van der Waals surface area (Å²) in [7, 11) is 0. The zero-order chi connectivity index (χ0) is 15.2. The van der Waals surface area contributed by atoms with Gasteiger partial charge < -0.3 is 15.5 Å². The van der Waals surface area contributed by atoms with Gasteiger partial charge in [0, 0.05) is 11.8 Å². The first-order chi connectivity index (χ1) is 10.1. The summed E-state index contributed by atoms with van der Waals surface area (Å²) in [5.74, 6) is -1.52. The number of amides is 1. The summed E-state index contributed by atoms with van der Waals surface area (Å²) >= 11 is 0. The van der Waals surface area contributed by atoms with Gasteiger partial charge in [-0.1, -0.05) is 24.3 Å². The van der Waals surface area contributed by atoms with Crippen LogP contribution in [-0.4, -0.2) is 22.1 Å². The van der Waals surface area contributed by atoms with Gasteiger partial charge in [-0.25, -0.2) is 4.79 Å². The Morgan fingerprint density at radius 2 is 1.67 bits per heavy atom. The molecule has 0 fully saturated rings. The zero-order valence-electron chi connectivity index (χ0n) is 11.0. The molecule has 0 aliphatic heterocycles. The average molecular weight is 283 g/mol. The Bertz CT molecular complexity index is 690. The number of aliphatic carboxylic acids is 1. The van der Waals surface area contributed by atoms with Gasteiger partial charge in [0.2, 0.25) is 0 Å². The lowest BCUT2D eigenvalue weighted by Crippen LogP contribution is -2.11. The van der Waals surface area contributed by atoms with Crippen LogP contribution in [-0.2, 0) is 4.79 Å². The molecule has 2 rings (SSSR count). The van der Waals surface area contributed by atoms with Crippen molar-refractivity contribution in [3.8, 4) is 5.75 Å². The minimum Gasteiger partial charge on any atom is -0.507 e. The van der Waals surface area contributed by atoms with Crippen LogP contribution in [0.2, 0.25) is 0 Å². The predicted molar refractivity (Wildman–Crippen MR) is 79.2 cm³/mol. The van der Waals surface area contributed by atoms with Crippen LogP contribution in [0.3, 0.4) is 0 Å². The fraction of sp³-hybridized carbons (Fsp3) is 0. The minimum absolute atomic E-state index is 0.0870. The number of aromatic hydroxyl groups is 1. The summed E-state index contributed by atoms with van der Waals surface area (Å²) in [5, 5.41) is 20.8. The van der Waals surface area contributed by atoms with E-state index in [9.17, 15) is 14.7 Å². The number of carboxylic acids is 1. The van der Waals surface area contributed by atoms with Crippen molar-refractivity contribution in [3.63, 3.8) is 0 Å². The SMILES string of the molecule is O=C(O)/C=C/c1ccc(NC(=O)c2ccccc2O)cc1. The van der Waals surface area contributed by atoms with Crippen LogP contribution in [0.4, 0.5) is 5.69 Å². The fourth-order valence-electron chi connectivity index (χ4n) is 1.71. The lowest BCUT2D eigenvalue weighted by molar-refractivity contribution is -0.131. The van der Waals surface area contributed by atoms with Crippen molar-refractivity contribution in [2.75, 3.05) is 5.32 Å². The molecule has 5 heteroatoms. The summed E-state index contributed by atoms with van der Waals surface area (Å²) in [4.78, 5) is 22.4. The van der Waals surface area contributed by atoms with E-state index in [0.29, 0.717) is 11.3 Å². The second-order valence-corrected chi connectivity index (χ2v) is 4.26. The summed E-state index contributed by atoms with van der Waals surface area (Å²) < 4.78 is 0. The number of anilines is 1. The van der Waals surface area contributed by atoms with Crippen LogP contribution >= 0.6 is 0 Å². The molecule has 0 atom stereocenters. The molecule has 21 heavy (non-hydrogen) atoms. The maximum Gasteiger partial charge on any atom is 0.328 e. The Morgan fingerprint density at radius 3 is 2.29 bits per heavy atom. The van der Waals surface area contributed by atoms with Crippen LogP contribution in [0.15, 0.2) is 54.6 Å². The van der Waals surface area contributed by atoms with Crippen molar-refractivity contribution in [1.29, 1.82) is 0 Å². The van der Waals surface area contributed by atoms with E-state index in [1.165, 1.54) is 18.2 Å². The minimum atomic E-state index is -1.02. The number of carboxylic acid groups (broad SMARTS) is 1. The Balaban J connectivity index is 2.09. The van der Waals surface area contributed by atoms with Gasteiger partial charge in [0.1, 0.15) is 5.75 Å². The molecule has 0 saturated heterocycles. The maximum absolute atomic E-state index is 12.0. The quantitative estimate of drug-likeness (QED) is 0.753. The maximum atomic E-state index is 12.0. The molecule has 2 aromatic rings. The smallest absolute Gasteiger partial charge is 0.328 e. The van der Waals surface area contributed by atoms with Crippen LogP contribution in [0.1, 0.15) is 15.9 Å². The molecule has 2 aromatic carbocycles. The third-order valence-corrected chi connectivity index (χ3v) is 2.74. The Kier molecular flexibility index (Phi) is 4.36. The van der Waals surface area contributed by atoms with E-state index in [-0.39, 0.29) is 11.3 Å². The number of para-hydroxylation sites is 1. The molecule has 5 nitrogen and oxygen atoms in total. The highest BCUT2D eigenvalue weighted by molar-refractivity contribution is 6.06. The first kappa shape index (κ1) is 14.3. The van der Waals surface area contributed by atoms with E-state index in [2.05, 4.69) is 5.32 Å². The van der Waals surface area contributed by atoms with Crippen LogP contribution in [0.5, 0.6) is 5.75 Å². The third-order valence-electron chi connectivity index (χ3n) is 2.74. The second-order valence-electron chi connectivity index (χ2n) is 4.26. The molecule has 0 aliphatic carbocycles. The van der Waals surface area contributed by atoms with E-state index in [1.54, 1.807) is 36.4 Å². The van der Waals surface area contributed by atoms with E-state index < -0.39 is 11.9 Å². The fourth-order valence-corrected chi connectivity index (χ4v) is 1.71. The molecule has 3 N–H and O–H groups in total. The topological polar surface area (TPSA) is 86.6 Å². The van der Waals surface area contributed by atoms with E-state index in [1.807, 2.05) is 0 Å². The molecule has 0 saturated carbocycles. The zero-order valence-corrected chi connectivity index (χ0v) is 11.0. The van der Waals surface area contributed by atoms with Gasteiger partial charge in [0.05, 0.1) is 5.56 Å². The summed E-state index contributed by atoms with van der Waals surface area (Å²) in [5.41, 5.74) is 1.45. The highest BCUT2D eigenvalue weighted by atomic mass is 16.4. The predicted octanol–water partition coefficient (Wildman–Crippen LogP) is 2.74. The largest absolute Gasteiger partial charge is 0.507 e. The molecule has 0 radical (unpaired) electrons. The number of benzene rings is 2. The molecule has 0 bridgehead atoms. The Labute approximate surface area is 121 Å². The number of phenols is 1. The molecule has 106 valence electrons. The van der Waals surface area contributed by atoms with E-state index in [0.717, 1.165) is 6.08 Å². The van der Waals surface area contributed by atoms with Gasteiger partial charge in [-0.2, -0.15) is 0 Å². The van der Waals surface area contributed by atoms with Crippen LogP contribution < -0.4 is 5.32 Å². The van der Waals surface area contributed by atoms with Crippen molar-refractivity contribution < 1.29 is 19.8 Å². The van der Waals surface area contributed by atoms with Crippen LogP contribution in [0, 0.1) is 0 Å². The summed E-state index contributed by atoms with van der Waals surface area (Å²) in [6, 6.07) is 12.9. The first-order valence-corrected chi connectivity index (χ1v) is 6.16. The molecule has 0 aliphatic rings. The van der Waals surface area contributed by atoms with E-state index in [4.69, 9.17) is 5.11 Å². The van der Waals surface area contributed by atoms with Crippen molar-refractivity contribution >= 4 is 23.6 Å². The molecular formula is C16H13NO4. The van der Waals surface area contributed by atoms with Gasteiger partial charge >= 0.3 is 5.97 Å². The molecule has 0 spiro atoms. The summed E-state index contributed by atoms with van der Waals surface area (Å²) in [6.45, 7) is 0. The number of nitrogens with one attached hydrogen (secondary N) is 1. The van der Waals surface area contributed by atoms with Crippen molar-refractivity contribution in [1.82, 2.24) is 0 Å². The van der Waals surface area contributed by atoms with Crippen molar-refractivity contribution in [2.45, 2.75) is 0 Å². The number of rotatable bonds is 4. The first-order valence-electron chi connectivity index (χ1n) is 6.16. The third kappa shape index (κ3) is 3.94. The number of phenolic OH excluding ortho intramolecular Hbond substituents is 1. The van der Waals surface area contributed by atoms with Gasteiger partial charge in [-0.05, 0) is 35.9 Å². The molecule has 0 unspecified atom stereocenters. The number of carbonyl (C=O) groups is 2. The number of hydrogen-bond acceptors (Lipinski definition) is 3. The van der Waals surface area contributed by atoms with Crippen molar-refractivity contribution in [2.24, 2.45) is 0 Å². The summed E-state index contributed by atoms with van der Waals surface area (Å²) in [6.07, 6.45) is 2.49. The lowest BCUT2D eigenvalue weighted by atomic mass is 10.1. The van der Waals surface area contributed by atoms with Gasteiger partial charge in [0.15, 0.2) is 0 Å². The molecule has 0 aromatic heterocycles. The monoisotopic (exact) mass is 283 g/mol. The van der Waals surface area contributed by atoms with Crippen LogP contribution in [0.25, 0.3) is 6.08 Å². The van der Waals surface area contributed by atoms with Gasteiger partial charge in [-0.15, -0.1) is 0 Å². The molecule has 0 heterocycles. The molecule has 1 amide bonds. The van der Waals surface area contributed by atoms with E-state index >= 15 is 0 Å². The lowest BCUT2D eigenvalue weighted by Gasteiger charge is -2.06. The van der Waals surface area contributed by atoms with Crippen molar-refractivity contribution in [3.05, 3.63) is 65.7 Å². The normalized spacial score (nSPS) is 10.5. The average Bonchev–Trinajstić information content (AvgIpc) is 2.47. The van der Waals surface area contributed by atoms with Gasteiger partial charge in [-0.3, -0.25) is 4.79 Å². The standard InChI is InChI=1S/C16H13NO4/c18-14-4-2-1-3-13(14)16(21)17-12-8-5-11(6-9-12)7-10-15(19)20/h1-10,18H,(H,17,21)(H,19,20)/b10-7+. The highest BCUT2D eigenvalue weighted by Crippen LogP contribution is 2.18. The highest BCUT2D eigenvalue weighted by Gasteiger charge is 2.09. The second kappa shape index (κ2) is 6.38. The number of carbonyl (C=O) groups excluding carboxylic acids is 1. The number of hydrogen-bond donors (Lipinski definition) is 3. The Morgan fingerprint density at radius 1 is 1.00 bits per heavy atom.